The fraction of sp³-hybridized carbons (Fsp3) is 0.450. The number of hydrogen-bond donors (Lipinski definition) is 0. The molecule has 0 N–H and O–H groups in total. The summed E-state index contributed by atoms with van der Waals surface area (Å²) in [4.78, 5) is 0. The highest BCUT2D eigenvalue weighted by molar-refractivity contribution is 7.95. The van der Waals surface area contributed by atoms with Gasteiger partial charge in [-0.05, 0) is 53.8 Å². The first-order valence-corrected chi connectivity index (χ1v) is 14.9. The van der Waals surface area contributed by atoms with Crippen molar-refractivity contribution in [2.24, 2.45) is 0 Å². The molecule has 2 aromatic rings. The van der Waals surface area contributed by atoms with Crippen LogP contribution < -0.4 is 4.57 Å². The van der Waals surface area contributed by atoms with Crippen molar-refractivity contribution in [3.8, 4) is 0 Å². The van der Waals surface area contributed by atoms with E-state index in [1.165, 1.54) is 39.7 Å². The molecule has 1 nitrogen and oxygen atoms in total. The zero-order valence-corrected chi connectivity index (χ0v) is 22.8. The monoisotopic (exact) mass is 609 g/mol. The summed E-state index contributed by atoms with van der Waals surface area (Å²) in [5.41, 5.74) is 4.49. The van der Waals surface area contributed by atoms with Crippen molar-refractivity contribution in [2.75, 3.05) is 24.0 Å². The molecule has 0 saturated heterocycles. The molecule has 0 fully saturated rings. The van der Waals surface area contributed by atoms with Crippen LogP contribution in [-0.2, 0) is 39.8 Å². The molecule has 0 radical (unpaired) electrons. The summed E-state index contributed by atoms with van der Waals surface area (Å²) in [6, 6.07) is 13.6. The van der Waals surface area contributed by atoms with Gasteiger partial charge in [0.15, 0.2) is 18.9 Å². The van der Waals surface area contributed by atoms with E-state index in [-0.39, 0.29) is 0 Å². The van der Waals surface area contributed by atoms with Crippen LogP contribution in [0.5, 0.6) is 0 Å². The van der Waals surface area contributed by atoms with Gasteiger partial charge in [0.25, 0.3) is 0 Å². The highest BCUT2D eigenvalue weighted by Gasteiger charge is 2.21. The van der Waals surface area contributed by atoms with Gasteiger partial charge in [0.2, 0.25) is 0 Å². The van der Waals surface area contributed by atoms with Gasteiger partial charge >= 0.3 is 21.8 Å². The molecule has 0 amide bonds. The molecule has 38 heavy (non-hydrogen) atoms. The second-order valence-electron chi connectivity index (χ2n) is 7.62. The normalized spacial score (nSPS) is 13.1. The summed E-state index contributed by atoms with van der Waals surface area (Å²) in [5.74, 6) is 5.00. The molecule has 1 heterocycles. The van der Waals surface area contributed by atoms with Gasteiger partial charge in [-0.2, -0.15) is 0 Å². The number of pyridine rings is 1. The number of rotatable bonds is 8. The largest absolute Gasteiger partial charge is 0.673 e. The zero-order chi connectivity index (χ0) is 30.2. The Morgan fingerprint density at radius 1 is 0.553 bits per heavy atom. The van der Waals surface area contributed by atoms with Crippen LogP contribution in [0, 0.1) is 0 Å². The van der Waals surface area contributed by atoms with Crippen LogP contribution >= 0.6 is 0 Å². The van der Waals surface area contributed by atoms with E-state index >= 15 is 0 Å². The molecule has 0 aliphatic rings. The molecule has 2 unspecified atom stereocenters. The number of nitrogens with zero attached hydrogens (tertiary/aromatic N) is 1. The van der Waals surface area contributed by atoms with E-state index in [1.54, 1.807) is 0 Å². The third kappa shape index (κ3) is 32.5. The van der Waals surface area contributed by atoms with Gasteiger partial charge in [0, 0.05) is 28.8 Å². The Morgan fingerprint density at radius 3 is 1.13 bits per heavy atom. The molecule has 0 aliphatic carbocycles. The minimum atomic E-state index is -6.00. The topological polar surface area (TPSA) is 3.88 Å². The predicted molar refractivity (Wildman–Crippen MR) is 138 cm³/mol. The lowest BCUT2D eigenvalue weighted by Crippen LogP contribution is -2.32. The van der Waals surface area contributed by atoms with Gasteiger partial charge in [0.1, 0.15) is 23.0 Å². The van der Waals surface area contributed by atoms with Gasteiger partial charge in [-0.1, -0.05) is 6.07 Å². The highest BCUT2D eigenvalue weighted by Crippen LogP contribution is 2.17. The van der Waals surface area contributed by atoms with Crippen molar-refractivity contribution in [3.05, 3.63) is 65.5 Å². The first-order valence-electron chi connectivity index (χ1n) is 11.0. The minimum Gasteiger partial charge on any atom is -0.418 e. The van der Waals surface area contributed by atoms with Crippen molar-refractivity contribution in [3.63, 3.8) is 0 Å². The van der Waals surface area contributed by atoms with Crippen LogP contribution in [0.3, 0.4) is 0 Å². The molecule has 0 aliphatic heterocycles. The van der Waals surface area contributed by atoms with Gasteiger partial charge in [-0.3, -0.25) is 0 Å². The predicted octanol–water partition coefficient (Wildman–Crippen LogP) is 7.46. The third-order valence-corrected chi connectivity index (χ3v) is 7.69. The van der Waals surface area contributed by atoms with Gasteiger partial charge < -0.3 is 51.8 Å². The standard InChI is InChI=1S/C20H30NS2.3BF4/c1-5-22(3)16-19-12-18(15-21-10-8-7-9-11-21)13-20(14-19)17-23(4)6-2;3*2-1(3,4)5/h7-14H,5-6,15-17H2,1-4H3;;;/q+3;3*-1. The maximum atomic E-state index is 9.75. The number of halogens is 12. The second-order valence-corrected chi connectivity index (χ2v) is 12.5. The lowest BCUT2D eigenvalue weighted by molar-refractivity contribution is -0.688. The van der Waals surface area contributed by atoms with E-state index in [4.69, 9.17) is 0 Å². The molecule has 18 heteroatoms. The molecule has 0 saturated carbocycles. The fourth-order valence-electron chi connectivity index (χ4n) is 2.62. The average molecular weight is 609 g/mol. The molecule has 2 rings (SSSR count). The fourth-order valence-corrected chi connectivity index (χ4v) is 4.50. The summed E-state index contributed by atoms with van der Waals surface area (Å²) in [6.07, 6.45) is 9.07. The molecule has 1 aromatic heterocycles. The summed E-state index contributed by atoms with van der Waals surface area (Å²) in [5, 5.41) is 0. The van der Waals surface area contributed by atoms with Crippen LogP contribution in [-0.4, -0.2) is 45.8 Å². The lowest BCUT2D eigenvalue weighted by atomic mass is 10.1. The van der Waals surface area contributed by atoms with E-state index in [0.717, 1.165) is 6.54 Å². The van der Waals surface area contributed by atoms with Crippen molar-refractivity contribution in [1.29, 1.82) is 0 Å². The second kappa shape index (κ2) is 18.7. The van der Waals surface area contributed by atoms with Crippen molar-refractivity contribution >= 4 is 43.6 Å². The summed E-state index contributed by atoms with van der Waals surface area (Å²) in [6.45, 7) is 5.57. The zero-order valence-electron chi connectivity index (χ0n) is 21.2. The quantitative estimate of drug-likeness (QED) is 0.127. The SMILES string of the molecule is CC[S+](C)Cc1cc(C[n+]2ccccc2)cc(C[S+](C)CC)c1.F[B-](F)(F)F.F[B-](F)(F)F.F[B-](F)(F)F. The Balaban J connectivity index is 0. The van der Waals surface area contributed by atoms with E-state index < -0.39 is 21.8 Å². The molecule has 1 aromatic carbocycles. The molecule has 0 spiro atoms. The van der Waals surface area contributed by atoms with Gasteiger partial charge in [-0.25, -0.2) is 4.57 Å². The van der Waals surface area contributed by atoms with E-state index in [2.05, 4.69) is 79.7 Å². The Hall–Kier alpha value is -1.58. The van der Waals surface area contributed by atoms with Crippen LogP contribution in [0.25, 0.3) is 0 Å². The molecular formula is C20H30B3F12NS2. The number of benzene rings is 1. The van der Waals surface area contributed by atoms with Crippen LogP contribution in [0.2, 0.25) is 0 Å². The van der Waals surface area contributed by atoms with Gasteiger partial charge in [0.05, 0.1) is 12.5 Å². The summed E-state index contributed by atoms with van der Waals surface area (Å²) >= 11 is 0. The van der Waals surface area contributed by atoms with Crippen molar-refractivity contribution < 1.29 is 56.4 Å². The summed E-state index contributed by atoms with van der Waals surface area (Å²) in [7, 11) is -17.0. The van der Waals surface area contributed by atoms with E-state index in [9.17, 15) is 51.8 Å². The Morgan fingerprint density at radius 2 is 0.842 bits per heavy atom. The Labute approximate surface area is 221 Å². The van der Waals surface area contributed by atoms with Gasteiger partial charge in [-0.15, -0.1) is 0 Å². The highest BCUT2D eigenvalue weighted by atomic mass is 32.2. The summed E-state index contributed by atoms with van der Waals surface area (Å²) < 4.78 is 119. The molecular weight excluding hydrogens is 579 g/mol. The van der Waals surface area contributed by atoms with E-state index in [0.29, 0.717) is 21.8 Å². The maximum absolute atomic E-state index is 9.75. The van der Waals surface area contributed by atoms with Crippen molar-refractivity contribution in [1.82, 2.24) is 0 Å². The smallest absolute Gasteiger partial charge is 0.418 e. The van der Waals surface area contributed by atoms with Crippen molar-refractivity contribution in [2.45, 2.75) is 31.9 Å². The third-order valence-electron chi connectivity index (χ3n) is 4.07. The van der Waals surface area contributed by atoms with Crippen LogP contribution in [0.4, 0.5) is 51.8 Å². The van der Waals surface area contributed by atoms with E-state index in [1.807, 2.05) is 0 Å². The molecule has 2 atom stereocenters. The minimum absolute atomic E-state index is 0.490. The first-order chi connectivity index (χ1) is 17.1. The first kappa shape index (κ1) is 38.6. The number of aromatic nitrogens is 1. The number of hydrogen-bond acceptors (Lipinski definition) is 0. The Bertz CT molecular complexity index is 807. The maximum Gasteiger partial charge on any atom is 0.673 e. The Kier molecular flexibility index (Phi) is 18.9. The average Bonchev–Trinajstić information content (AvgIpc) is 2.70. The lowest BCUT2D eigenvalue weighted by Gasteiger charge is -2.08. The molecule has 220 valence electrons. The molecule has 0 bridgehead atoms. The van der Waals surface area contributed by atoms with Crippen LogP contribution in [0.15, 0.2) is 48.8 Å². The van der Waals surface area contributed by atoms with Crippen LogP contribution in [0.1, 0.15) is 30.5 Å².